The monoisotopic (exact) mass is 146 g/mol. The highest BCUT2D eigenvalue weighted by molar-refractivity contribution is 5.27. The highest BCUT2D eigenvalue weighted by atomic mass is 15.4. The average molecular weight is 146 g/mol. The van der Waals surface area contributed by atoms with Crippen LogP contribution in [0.1, 0.15) is 14.9 Å². The summed E-state index contributed by atoms with van der Waals surface area (Å²) in [6, 6.07) is 0. The van der Waals surface area contributed by atoms with Crippen LogP contribution in [0.3, 0.4) is 0 Å². The Kier molecular flexibility index (Phi) is 5.25. The quantitative estimate of drug-likeness (QED) is 0.328. The summed E-state index contributed by atoms with van der Waals surface area (Å²) >= 11 is 0. The van der Waals surface area contributed by atoms with Crippen molar-refractivity contribution in [2.45, 2.75) is 14.9 Å². The zero-order valence-electron chi connectivity index (χ0n) is 4.05. The smallest absolute Gasteiger partial charge is 0.257 e. The van der Waals surface area contributed by atoms with E-state index in [-0.39, 0.29) is 20.8 Å². The number of nitrogens with two attached hydrogens (primary N) is 2. The number of aromatic nitrogens is 3. The van der Waals surface area contributed by atoms with E-state index < -0.39 is 0 Å². The minimum Gasteiger partial charge on any atom is -0.368 e. The summed E-state index contributed by atoms with van der Waals surface area (Å²) in [5, 5.41) is 5.93. The molecule has 1 heterocycles. The van der Waals surface area contributed by atoms with Crippen LogP contribution >= 0.6 is 0 Å². The summed E-state index contributed by atoms with van der Waals surface area (Å²) < 4.78 is 0. The van der Waals surface area contributed by atoms with Gasteiger partial charge in [-0.25, -0.2) is 10.9 Å². The lowest BCUT2D eigenvalue weighted by Crippen LogP contribution is -2.08. The summed E-state index contributed by atoms with van der Waals surface area (Å²) in [6.45, 7) is 0. The molecule has 0 aliphatic carbocycles. The van der Waals surface area contributed by atoms with Crippen molar-refractivity contribution in [1.29, 1.82) is 0 Å². The van der Waals surface area contributed by atoms with Crippen molar-refractivity contribution in [3.05, 3.63) is 0 Å². The molecule has 0 aromatic carbocycles. The number of nitrogen functional groups attached to an aromatic ring is 2. The van der Waals surface area contributed by atoms with E-state index in [0.29, 0.717) is 5.95 Å². The Morgan fingerprint density at radius 2 is 2.00 bits per heavy atom. The third kappa shape index (κ3) is 2.31. The van der Waals surface area contributed by atoms with Gasteiger partial charge in [-0.3, -0.25) is 5.43 Å². The zero-order chi connectivity index (χ0) is 5.98. The van der Waals surface area contributed by atoms with Gasteiger partial charge in [0.1, 0.15) is 0 Å². The summed E-state index contributed by atoms with van der Waals surface area (Å²) in [7, 11) is 0. The summed E-state index contributed by atoms with van der Waals surface area (Å²) in [6.07, 6.45) is 0. The minimum atomic E-state index is 0. The fourth-order valence-electron chi connectivity index (χ4n) is 0.339. The van der Waals surface area contributed by atoms with E-state index in [0.717, 1.165) is 0 Å². The van der Waals surface area contributed by atoms with Crippen molar-refractivity contribution in [3.63, 3.8) is 0 Å². The molecule has 0 atom stereocenters. The van der Waals surface area contributed by atoms with Crippen molar-refractivity contribution < 1.29 is 0 Å². The molecule has 0 saturated heterocycles. The van der Waals surface area contributed by atoms with Crippen molar-refractivity contribution in [1.82, 2.24) is 15.2 Å². The number of aromatic amines is 1. The molecular weight excluding hydrogens is 132 g/mol. The number of rotatable bonds is 1. The molecule has 1 rings (SSSR count). The molecule has 0 bridgehead atoms. The Morgan fingerprint density at radius 3 is 2.20 bits per heavy atom. The van der Waals surface area contributed by atoms with Gasteiger partial charge in [0.05, 0.1) is 0 Å². The first-order valence-electron chi connectivity index (χ1n) is 1.97. The number of nitrogens with one attached hydrogen (secondary N) is 2. The molecule has 0 spiro atoms. The molecule has 10 heavy (non-hydrogen) atoms. The highest BCUT2D eigenvalue weighted by Gasteiger charge is 1.92. The van der Waals surface area contributed by atoms with Gasteiger partial charge < -0.3 is 5.73 Å². The van der Waals surface area contributed by atoms with Crippen LogP contribution in [0.15, 0.2) is 0 Å². The maximum atomic E-state index is 5.13. The van der Waals surface area contributed by atoms with Crippen molar-refractivity contribution >= 4 is 11.9 Å². The van der Waals surface area contributed by atoms with E-state index in [1.807, 2.05) is 0 Å². The largest absolute Gasteiger partial charge is 0.368 e. The van der Waals surface area contributed by atoms with Gasteiger partial charge >= 0.3 is 0 Å². The Balaban J connectivity index is 0. The lowest BCUT2D eigenvalue weighted by atomic mass is 11.0. The van der Waals surface area contributed by atoms with E-state index in [1.165, 1.54) is 0 Å². The molecule has 0 radical (unpaired) electrons. The summed E-state index contributed by atoms with van der Waals surface area (Å²) in [4.78, 5) is 3.60. The lowest BCUT2D eigenvalue weighted by molar-refractivity contribution is 1.08. The van der Waals surface area contributed by atoms with Crippen molar-refractivity contribution in [2.75, 3.05) is 11.2 Å². The van der Waals surface area contributed by atoms with Crippen LogP contribution in [0.2, 0.25) is 0 Å². The molecule has 0 saturated carbocycles. The van der Waals surface area contributed by atoms with Crippen LogP contribution in [0.4, 0.5) is 11.9 Å². The predicted octanol–water partition coefficient (Wildman–Crippen LogP) is -0.0553. The minimum absolute atomic E-state index is 0. The predicted molar refractivity (Wildman–Crippen MR) is 42.1 cm³/mol. The molecule has 0 fully saturated rings. The highest BCUT2D eigenvalue weighted by Crippen LogP contribution is 1.93. The number of H-pyrrole nitrogens is 1. The molecular formula is C4H14N6. The standard InChI is InChI=1S/C2H6N6.2CH4/c3-1-5-2(6-4)8-7-1;;/h4H2,(H4,3,5,6,7,8);2*1H4. The SMILES string of the molecule is C.C.NNc1n[nH]c(N)n1. The maximum absolute atomic E-state index is 5.13. The van der Waals surface area contributed by atoms with Gasteiger partial charge in [-0.2, -0.15) is 4.98 Å². The molecule has 6 nitrogen and oxygen atoms in total. The van der Waals surface area contributed by atoms with Gasteiger partial charge in [0.2, 0.25) is 5.95 Å². The van der Waals surface area contributed by atoms with Crippen LogP contribution in [0.5, 0.6) is 0 Å². The summed E-state index contributed by atoms with van der Waals surface area (Å²) in [5.74, 6) is 5.45. The molecule has 1 aromatic heterocycles. The van der Waals surface area contributed by atoms with Gasteiger partial charge in [0, 0.05) is 0 Å². The van der Waals surface area contributed by atoms with Gasteiger partial charge in [0.15, 0.2) is 0 Å². The van der Waals surface area contributed by atoms with E-state index in [2.05, 4.69) is 20.6 Å². The molecule has 0 unspecified atom stereocenters. The third-order valence-corrected chi connectivity index (χ3v) is 0.632. The van der Waals surface area contributed by atoms with E-state index in [1.54, 1.807) is 0 Å². The van der Waals surface area contributed by atoms with E-state index in [4.69, 9.17) is 11.6 Å². The molecule has 6 N–H and O–H groups in total. The van der Waals surface area contributed by atoms with Crippen LogP contribution < -0.4 is 17.0 Å². The lowest BCUT2D eigenvalue weighted by Gasteiger charge is -1.82. The Hall–Kier alpha value is -1.30. The maximum Gasteiger partial charge on any atom is 0.257 e. The first-order valence-corrected chi connectivity index (χ1v) is 1.97. The molecule has 0 aliphatic rings. The molecule has 1 aromatic rings. The third-order valence-electron chi connectivity index (χ3n) is 0.632. The van der Waals surface area contributed by atoms with Crippen LogP contribution in [-0.4, -0.2) is 15.2 Å². The first-order chi connectivity index (χ1) is 3.83. The first kappa shape index (κ1) is 11.5. The number of hydrazine groups is 1. The molecule has 60 valence electrons. The fraction of sp³-hybridized carbons (Fsp3) is 0.500. The second-order valence-electron chi connectivity index (χ2n) is 1.19. The number of anilines is 2. The van der Waals surface area contributed by atoms with Gasteiger partial charge in [-0.1, -0.05) is 14.9 Å². The van der Waals surface area contributed by atoms with E-state index >= 15 is 0 Å². The normalized spacial score (nSPS) is 7.30. The Bertz CT molecular complexity index is 170. The zero-order valence-corrected chi connectivity index (χ0v) is 4.05. The summed E-state index contributed by atoms with van der Waals surface area (Å²) in [5.41, 5.74) is 7.34. The molecule has 0 amide bonds. The topological polar surface area (TPSA) is 106 Å². The Morgan fingerprint density at radius 1 is 1.40 bits per heavy atom. The molecule has 6 heteroatoms. The number of nitrogens with zero attached hydrogens (tertiary/aromatic N) is 2. The average Bonchev–Trinajstić information content (AvgIpc) is 2.14. The second-order valence-corrected chi connectivity index (χ2v) is 1.19. The van der Waals surface area contributed by atoms with Gasteiger partial charge in [-0.05, 0) is 0 Å². The Labute approximate surface area is 60.0 Å². The van der Waals surface area contributed by atoms with E-state index in [9.17, 15) is 0 Å². The van der Waals surface area contributed by atoms with Crippen LogP contribution in [0, 0.1) is 0 Å². The fourth-order valence-corrected chi connectivity index (χ4v) is 0.339. The number of hydrogen-bond donors (Lipinski definition) is 4. The van der Waals surface area contributed by atoms with Gasteiger partial charge in [0.25, 0.3) is 5.95 Å². The van der Waals surface area contributed by atoms with Gasteiger partial charge in [-0.15, -0.1) is 5.10 Å². The van der Waals surface area contributed by atoms with Crippen molar-refractivity contribution in [2.24, 2.45) is 5.84 Å². The second kappa shape index (κ2) is 4.57. The van der Waals surface area contributed by atoms with Crippen LogP contribution in [0.25, 0.3) is 0 Å². The molecule has 0 aliphatic heterocycles. The number of hydrogen-bond acceptors (Lipinski definition) is 5. The van der Waals surface area contributed by atoms with Crippen molar-refractivity contribution in [3.8, 4) is 0 Å². The van der Waals surface area contributed by atoms with Crippen LogP contribution in [-0.2, 0) is 0 Å².